The lowest BCUT2D eigenvalue weighted by Gasteiger charge is -2.32. The van der Waals surface area contributed by atoms with Gasteiger partial charge in [-0.15, -0.1) is 0 Å². The number of amides is 1. The van der Waals surface area contributed by atoms with Crippen molar-refractivity contribution in [1.29, 1.82) is 0 Å². The van der Waals surface area contributed by atoms with Gasteiger partial charge in [0.2, 0.25) is 5.91 Å². The molecule has 22 heavy (non-hydrogen) atoms. The van der Waals surface area contributed by atoms with Crippen LogP contribution in [0.1, 0.15) is 29.6 Å². The highest BCUT2D eigenvalue weighted by Crippen LogP contribution is 2.22. The molecular weight excluding hydrogens is 280 g/mol. The molecule has 5 nitrogen and oxygen atoms in total. The zero-order valence-electron chi connectivity index (χ0n) is 13.0. The molecule has 1 aliphatic heterocycles. The Kier molecular flexibility index (Phi) is 6.10. The molecule has 1 aromatic carbocycles. The lowest BCUT2D eigenvalue weighted by molar-refractivity contribution is -0.134. The van der Waals surface area contributed by atoms with Gasteiger partial charge in [0.05, 0.1) is 12.5 Å². The van der Waals surface area contributed by atoms with Crippen molar-refractivity contribution in [3.8, 4) is 0 Å². The van der Waals surface area contributed by atoms with Crippen LogP contribution in [-0.2, 0) is 9.53 Å². The molecule has 0 aliphatic carbocycles. The van der Waals surface area contributed by atoms with E-state index in [4.69, 9.17) is 10.5 Å². The molecule has 0 saturated carbocycles. The van der Waals surface area contributed by atoms with Crippen molar-refractivity contribution in [3.63, 3.8) is 0 Å². The maximum atomic E-state index is 12.4. The second-order valence-corrected chi connectivity index (χ2v) is 5.68. The summed E-state index contributed by atoms with van der Waals surface area (Å²) in [6, 6.07) is 9.36. The standard InChI is InChI=1S/C17H24N2O3/c1-22-15(12-18)11-16(20)19-9-7-14(8-10-19)17(21)13-5-3-2-4-6-13/h2-6,14-15H,7-12,18H2,1H3. The number of nitrogens with two attached hydrogens (primary N) is 1. The number of carbonyl (C=O) groups excluding carboxylic acids is 2. The van der Waals surface area contributed by atoms with E-state index >= 15 is 0 Å². The number of hydrogen-bond acceptors (Lipinski definition) is 4. The van der Waals surface area contributed by atoms with Crippen molar-refractivity contribution in [2.45, 2.75) is 25.4 Å². The van der Waals surface area contributed by atoms with Gasteiger partial charge in [0, 0.05) is 38.2 Å². The van der Waals surface area contributed by atoms with Crippen LogP contribution >= 0.6 is 0 Å². The molecule has 2 N–H and O–H groups in total. The smallest absolute Gasteiger partial charge is 0.225 e. The fraction of sp³-hybridized carbons (Fsp3) is 0.529. The fourth-order valence-electron chi connectivity index (χ4n) is 2.82. The molecule has 5 heteroatoms. The highest BCUT2D eigenvalue weighted by molar-refractivity contribution is 5.98. The van der Waals surface area contributed by atoms with Crippen molar-refractivity contribution < 1.29 is 14.3 Å². The molecule has 0 aromatic heterocycles. The molecule has 120 valence electrons. The SMILES string of the molecule is COC(CN)CC(=O)N1CCC(C(=O)c2ccccc2)CC1. The molecule has 1 unspecified atom stereocenters. The third-order valence-electron chi connectivity index (χ3n) is 4.28. The Labute approximate surface area is 131 Å². The summed E-state index contributed by atoms with van der Waals surface area (Å²) in [5.74, 6) is 0.256. The van der Waals surface area contributed by atoms with E-state index in [9.17, 15) is 9.59 Å². The predicted octanol–water partition coefficient (Wildman–Crippen LogP) is 1.47. The lowest BCUT2D eigenvalue weighted by Crippen LogP contribution is -2.42. The number of methoxy groups -OCH3 is 1. The van der Waals surface area contributed by atoms with E-state index < -0.39 is 0 Å². The molecule has 2 rings (SSSR count). The van der Waals surface area contributed by atoms with E-state index in [1.807, 2.05) is 35.2 Å². The average Bonchev–Trinajstić information content (AvgIpc) is 2.59. The molecule has 1 atom stereocenters. The Morgan fingerprint density at radius 3 is 2.45 bits per heavy atom. The van der Waals surface area contributed by atoms with E-state index in [1.54, 1.807) is 7.11 Å². The van der Waals surface area contributed by atoms with Gasteiger partial charge in [-0.2, -0.15) is 0 Å². The van der Waals surface area contributed by atoms with Crippen LogP contribution in [0.5, 0.6) is 0 Å². The number of carbonyl (C=O) groups is 2. The lowest BCUT2D eigenvalue weighted by atomic mass is 9.89. The molecule has 1 fully saturated rings. The van der Waals surface area contributed by atoms with Crippen molar-refractivity contribution >= 4 is 11.7 Å². The largest absolute Gasteiger partial charge is 0.380 e. The average molecular weight is 304 g/mol. The van der Waals surface area contributed by atoms with Crippen LogP contribution in [-0.4, -0.2) is 49.4 Å². The maximum Gasteiger partial charge on any atom is 0.225 e. The Balaban J connectivity index is 1.85. The van der Waals surface area contributed by atoms with Gasteiger partial charge in [0.15, 0.2) is 5.78 Å². The minimum Gasteiger partial charge on any atom is -0.380 e. The zero-order valence-corrected chi connectivity index (χ0v) is 13.0. The minimum atomic E-state index is -0.226. The van der Waals surface area contributed by atoms with Gasteiger partial charge in [0.25, 0.3) is 0 Å². The van der Waals surface area contributed by atoms with Crippen LogP contribution in [0.15, 0.2) is 30.3 Å². The van der Waals surface area contributed by atoms with Crippen LogP contribution in [0, 0.1) is 5.92 Å². The third-order valence-corrected chi connectivity index (χ3v) is 4.28. The molecule has 1 saturated heterocycles. The summed E-state index contributed by atoms with van der Waals surface area (Å²) in [6.45, 7) is 1.59. The van der Waals surface area contributed by atoms with Crippen LogP contribution < -0.4 is 5.73 Å². The molecule has 1 heterocycles. The Morgan fingerprint density at radius 1 is 1.27 bits per heavy atom. The summed E-state index contributed by atoms with van der Waals surface area (Å²) >= 11 is 0. The van der Waals surface area contributed by atoms with Gasteiger partial charge in [0.1, 0.15) is 0 Å². The topological polar surface area (TPSA) is 72.6 Å². The van der Waals surface area contributed by atoms with E-state index in [-0.39, 0.29) is 23.7 Å². The first-order chi connectivity index (χ1) is 10.7. The maximum absolute atomic E-state index is 12.4. The Morgan fingerprint density at radius 2 is 1.91 bits per heavy atom. The molecule has 1 amide bonds. The number of ether oxygens (including phenoxy) is 1. The first-order valence-corrected chi connectivity index (χ1v) is 7.75. The van der Waals surface area contributed by atoms with E-state index in [0.29, 0.717) is 26.1 Å². The Bertz CT molecular complexity index is 492. The summed E-state index contributed by atoms with van der Waals surface area (Å²) in [4.78, 5) is 26.4. The minimum absolute atomic E-state index is 0.0131. The summed E-state index contributed by atoms with van der Waals surface area (Å²) in [6.07, 6.45) is 1.53. The third kappa shape index (κ3) is 4.15. The monoisotopic (exact) mass is 304 g/mol. The van der Waals surface area contributed by atoms with Crippen molar-refractivity contribution in [1.82, 2.24) is 4.90 Å². The molecular formula is C17H24N2O3. The molecule has 0 radical (unpaired) electrons. The molecule has 0 spiro atoms. The fourth-order valence-corrected chi connectivity index (χ4v) is 2.82. The molecule has 0 bridgehead atoms. The van der Waals surface area contributed by atoms with Gasteiger partial charge in [-0.3, -0.25) is 9.59 Å². The van der Waals surface area contributed by atoms with Crippen LogP contribution in [0.4, 0.5) is 0 Å². The number of hydrogen-bond donors (Lipinski definition) is 1. The first kappa shape index (κ1) is 16.6. The predicted molar refractivity (Wildman–Crippen MR) is 84.5 cm³/mol. The number of benzene rings is 1. The number of Topliss-reactive ketones (excluding diaryl/α,β-unsaturated/α-hetero) is 1. The second-order valence-electron chi connectivity index (χ2n) is 5.68. The number of likely N-dealkylation sites (tertiary alicyclic amines) is 1. The van der Waals surface area contributed by atoms with Crippen molar-refractivity contribution in [3.05, 3.63) is 35.9 Å². The van der Waals surface area contributed by atoms with E-state index in [2.05, 4.69) is 0 Å². The normalized spacial score (nSPS) is 17.3. The van der Waals surface area contributed by atoms with Gasteiger partial charge in [-0.25, -0.2) is 0 Å². The van der Waals surface area contributed by atoms with Crippen molar-refractivity contribution in [2.75, 3.05) is 26.7 Å². The van der Waals surface area contributed by atoms with Gasteiger partial charge >= 0.3 is 0 Å². The van der Waals surface area contributed by atoms with E-state index in [0.717, 1.165) is 18.4 Å². The van der Waals surface area contributed by atoms with Crippen LogP contribution in [0.3, 0.4) is 0 Å². The highest BCUT2D eigenvalue weighted by atomic mass is 16.5. The Hall–Kier alpha value is -1.72. The number of ketones is 1. The molecule has 1 aliphatic rings. The first-order valence-electron chi connectivity index (χ1n) is 7.75. The van der Waals surface area contributed by atoms with Gasteiger partial charge in [-0.05, 0) is 12.8 Å². The summed E-state index contributed by atoms with van der Waals surface area (Å²) in [7, 11) is 1.57. The zero-order chi connectivity index (χ0) is 15.9. The van der Waals surface area contributed by atoms with Gasteiger partial charge < -0.3 is 15.4 Å². The van der Waals surface area contributed by atoms with Crippen LogP contribution in [0.2, 0.25) is 0 Å². The number of nitrogens with zero attached hydrogens (tertiary/aromatic N) is 1. The van der Waals surface area contributed by atoms with Gasteiger partial charge in [-0.1, -0.05) is 30.3 Å². The van der Waals surface area contributed by atoms with Crippen molar-refractivity contribution in [2.24, 2.45) is 11.7 Å². The number of piperidine rings is 1. The molecule has 1 aromatic rings. The number of rotatable bonds is 6. The summed E-state index contributed by atoms with van der Waals surface area (Å²) < 4.78 is 5.15. The summed E-state index contributed by atoms with van der Waals surface area (Å²) in [5.41, 5.74) is 6.31. The highest BCUT2D eigenvalue weighted by Gasteiger charge is 2.28. The summed E-state index contributed by atoms with van der Waals surface area (Å²) in [5, 5.41) is 0. The second kappa shape index (κ2) is 8.06. The van der Waals surface area contributed by atoms with E-state index in [1.165, 1.54) is 0 Å². The van der Waals surface area contributed by atoms with Crippen LogP contribution in [0.25, 0.3) is 0 Å². The quantitative estimate of drug-likeness (QED) is 0.808.